The van der Waals surface area contributed by atoms with Crippen LogP contribution in [-0.2, 0) is 9.59 Å². The summed E-state index contributed by atoms with van der Waals surface area (Å²) in [5, 5.41) is 2.86. The molecule has 1 aliphatic rings. The van der Waals surface area contributed by atoms with Gasteiger partial charge in [-0.3, -0.25) is 14.9 Å². The number of nitrogens with zero attached hydrogens (tertiary/aromatic N) is 1. The molecule has 4 rings (SSSR count). The molecule has 37 heavy (non-hydrogen) atoms. The summed E-state index contributed by atoms with van der Waals surface area (Å²) in [7, 11) is 1.43. The monoisotopic (exact) mass is 604 g/mol. The number of imide groups is 2. The van der Waals surface area contributed by atoms with Gasteiger partial charge in [-0.05, 0) is 60.2 Å². The van der Waals surface area contributed by atoms with E-state index in [1.165, 1.54) is 19.3 Å². The fraction of sp³-hybridized carbons (Fsp3) is 0.115. The van der Waals surface area contributed by atoms with Crippen molar-refractivity contribution < 1.29 is 28.6 Å². The standard InChI is InChI=1S/C26H19BrCl2N2O6/c1-35-22-14-15(13-20(29)23(22)37-11-10-36-21-5-3-2-4-19(21)28)12-18-24(32)30-26(34)31(25(18)33)17-8-6-16(27)7-9-17/h2-9,12-14H,10-11H2,1H3,(H,30,32,34)/b18-12-. The van der Waals surface area contributed by atoms with Gasteiger partial charge in [-0.1, -0.05) is 51.3 Å². The van der Waals surface area contributed by atoms with Gasteiger partial charge in [0, 0.05) is 4.47 Å². The third kappa shape index (κ3) is 6.07. The lowest BCUT2D eigenvalue weighted by atomic mass is 10.1. The molecule has 1 saturated heterocycles. The highest BCUT2D eigenvalue weighted by molar-refractivity contribution is 9.10. The Morgan fingerprint density at radius 3 is 2.32 bits per heavy atom. The Balaban J connectivity index is 1.53. The maximum atomic E-state index is 13.1. The van der Waals surface area contributed by atoms with E-state index in [-0.39, 0.29) is 35.3 Å². The third-order valence-electron chi connectivity index (χ3n) is 5.17. The van der Waals surface area contributed by atoms with E-state index in [9.17, 15) is 14.4 Å². The van der Waals surface area contributed by atoms with Crippen molar-refractivity contribution in [3.8, 4) is 17.2 Å². The summed E-state index contributed by atoms with van der Waals surface area (Å²) in [4.78, 5) is 38.9. The first-order chi connectivity index (χ1) is 17.8. The number of ether oxygens (including phenoxy) is 3. The van der Waals surface area contributed by atoms with Crippen LogP contribution in [0.2, 0.25) is 10.0 Å². The molecule has 1 heterocycles. The van der Waals surface area contributed by atoms with Crippen LogP contribution < -0.4 is 24.4 Å². The first-order valence-corrected chi connectivity index (χ1v) is 12.4. The van der Waals surface area contributed by atoms with E-state index in [2.05, 4.69) is 21.2 Å². The molecule has 3 aromatic rings. The van der Waals surface area contributed by atoms with Gasteiger partial charge in [0.25, 0.3) is 11.8 Å². The van der Waals surface area contributed by atoms with E-state index < -0.39 is 17.8 Å². The van der Waals surface area contributed by atoms with Gasteiger partial charge in [0.2, 0.25) is 0 Å². The van der Waals surface area contributed by atoms with Crippen LogP contribution in [0.3, 0.4) is 0 Å². The van der Waals surface area contributed by atoms with E-state index in [4.69, 9.17) is 37.4 Å². The van der Waals surface area contributed by atoms with Crippen molar-refractivity contribution in [1.29, 1.82) is 0 Å². The smallest absolute Gasteiger partial charge is 0.335 e. The highest BCUT2D eigenvalue weighted by Crippen LogP contribution is 2.37. The summed E-state index contributed by atoms with van der Waals surface area (Å²) in [6, 6.07) is 15.8. The number of rotatable bonds is 8. The van der Waals surface area contributed by atoms with Crippen molar-refractivity contribution in [3.05, 3.63) is 86.3 Å². The van der Waals surface area contributed by atoms with Crippen molar-refractivity contribution in [2.45, 2.75) is 0 Å². The van der Waals surface area contributed by atoms with Crippen LogP contribution in [0.25, 0.3) is 6.08 Å². The molecule has 0 radical (unpaired) electrons. The first-order valence-electron chi connectivity index (χ1n) is 10.8. The quantitative estimate of drug-likeness (QED) is 0.195. The minimum absolute atomic E-state index is 0.146. The normalized spacial score (nSPS) is 14.5. The van der Waals surface area contributed by atoms with Crippen LogP contribution in [0.5, 0.6) is 17.2 Å². The Kier molecular flexibility index (Phi) is 8.38. The molecule has 3 aromatic carbocycles. The molecular weight excluding hydrogens is 587 g/mol. The largest absolute Gasteiger partial charge is 0.493 e. The van der Waals surface area contributed by atoms with Crippen molar-refractivity contribution >= 4 is 68.7 Å². The van der Waals surface area contributed by atoms with E-state index >= 15 is 0 Å². The number of barbiturate groups is 1. The highest BCUT2D eigenvalue weighted by atomic mass is 79.9. The summed E-state index contributed by atoms with van der Waals surface area (Å²) in [5.74, 6) is -0.528. The molecule has 0 aliphatic carbocycles. The van der Waals surface area contributed by atoms with Gasteiger partial charge in [0.1, 0.15) is 24.5 Å². The topological polar surface area (TPSA) is 94.2 Å². The molecule has 11 heteroatoms. The lowest BCUT2D eigenvalue weighted by molar-refractivity contribution is -0.122. The number of anilines is 1. The number of hydrogen-bond acceptors (Lipinski definition) is 6. The van der Waals surface area contributed by atoms with Crippen LogP contribution in [0.1, 0.15) is 5.56 Å². The van der Waals surface area contributed by atoms with Gasteiger partial charge in [-0.2, -0.15) is 0 Å². The molecule has 1 aliphatic heterocycles. The Labute approximate surface area is 230 Å². The van der Waals surface area contributed by atoms with Gasteiger partial charge in [0.05, 0.1) is 22.8 Å². The van der Waals surface area contributed by atoms with Gasteiger partial charge in [-0.25, -0.2) is 9.69 Å². The molecule has 4 amide bonds. The third-order valence-corrected chi connectivity index (χ3v) is 6.29. The highest BCUT2D eigenvalue weighted by Gasteiger charge is 2.36. The number of para-hydroxylation sites is 1. The number of hydrogen-bond donors (Lipinski definition) is 1. The predicted octanol–water partition coefficient (Wildman–Crippen LogP) is 5.89. The molecule has 0 spiro atoms. The summed E-state index contributed by atoms with van der Waals surface area (Å²) in [6.07, 6.45) is 1.33. The van der Waals surface area contributed by atoms with Gasteiger partial charge >= 0.3 is 6.03 Å². The lowest BCUT2D eigenvalue weighted by Crippen LogP contribution is -2.54. The fourth-order valence-corrected chi connectivity index (χ4v) is 4.20. The zero-order valence-electron chi connectivity index (χ0n) is 19.3. The molecule has 8 nitrogen and oxygen atoms in total. The number of carbonyl (C=O) groups is 3. The van der Waals surface area contributed by atoms with Crippen LogP contribution in [0.4, 0.5) is 10.5 Å². The molecule has 0 atom stereocenters. The molecule has 0 bridgehead atoms. The Morgan fingerprint density at radius 1 is 0.919 bits per heavy atom. The Bertz CT molecular complexity index is 1390. The SMILES string of the molecule is COc1cc(/C=C2/C(=O)NC(=O)N(c3ccc(Br)cc3)C2=O)cc(Cl)c1OCCOc1ccccc1Cl. The van der Waals surface area contributed by atoms with Crippen LogP contribution >= 0.6 is 39.1 Å². The van der Waals surface area contributed by atoms with Gasteiger partial charge in [-0.15, -0.1) is 0 Å². The lowest BCUT2D eigenvalue weighted by Gasteiger charge is -2.26. The predicted molar refractivity (Wildman–Crippen MR) is 144 cm³/mol. The minimum Gasteiger partial charge on any atom is -0.493 e. The number of urea groups is 1. The van der Waals surface area contributed by atoms with E-state index in [0.29, 0.717) is 22.0 Å². The molecule has 0 aromatic heterocycles. The minimum atomic E-state index is -0.840. The number of methoxy groups -OCH3 is 1. The van der Waals surface area contributed by atoms with E-state index in [1.54, 1.807) is 54.6 Å². The summed E-state index contributed by atoms with van der Waals surface area (Å²) in [6.45, 7) is 0.344. The average Bonchev–Trinajstić information content (AvgIpc) is 2.87. The maximum Gasteiger partial charge on any atom is 0.335 e. The van der Waals surface area contributed by atoms with Gasteiger partial charge < -0.3 is 14.2 Å². The molecule has 0 saturated carbocycles. The molecule has 190 valence electrons. The van der Waals surface area contributed by atoms with Crippen LogP contribution in [-0.4, -0.2) is 38.2 Å². The number of carbonyl (C=O) groups excluding carboxylic acids is 3. The van der Waals surface area contributed by atoms with E-state index in [1.807, 2.05) is 0 Å². The van der Waals surface area contributed by atoms with Gasteiger partial charge in [0.15, 0.2) is 11.5 Å². The number of halogens is 3. The average molecular weight is 606 g/mol. The summed E-state index contributed by atoms with van der Waals surface area (Å²) in [5.41, 5.74) is 0.454. The second-order valence-electron chi connectivity index (χ2n) is 7.60. The van der Waals surface area contributed by atoms with E-state index in [0.717, 1.165) is 9.37 Å². The van der Waals surface area contributed by atoms with Crippen molar-refractivity contribution in [1.82, 2.24) is 5.32 Å². The fourth-order valence-electron chi connectivity index (χ4n) is 3.47. The summed E-state index contributed by atoms with van der Waals surface area (Å²) < 4.78 is 17.6. The second kappa shape index (κ2) is 11.7. The molecule has 1 fully saturated rings. The molecule has 1 N–H and O–H groups in total. The Hall–Kier alpha value is -3.53. The van der Waals surface area contributed by atoms with Crippen molar-refractivity contribution in [2.75, 3.05) is 25.2 Å². The number of nitrogens with one attached hydrogen (secondary N) is 1. The zero-order valence-corrected chi connectivity index (χ0v) is 22.4. The molecule has 0 unspecified atom stereocenters. The van der Waals surface area contributed by atoms with Crippen LogP contribution in [0.15, 0.2) is 70.7 Å². The number of benzene rings is 3. The second-order valence-corrected chi connectivity index (χ2v) is 9.33. The number of amides is 4. The van der Waals surface area contributed by atoms with Crippen LogP contribution in [0, 0.1) is 0 Å². The Morgan fingerprint density at radius 2 is 1.62 bits per heavy atom. The van der Waals surface area contributed by atoms with Crippen molar-refractivity contribution in [3.63, 3.8) is 0 Å². The zero-order chi connectivity index (χ0) is 26.5. The van der Waals surface area contributed by atoms with Crippen molar-refractivity contribution in [2.24, 2.45) is 0 Å². The summed E-state index contributed by atoms with van der Waals surface area (Å²) >= 11 is 15.8. The maximum absolute atomic E-state index is 13.1. The molecular formula is C26H19BrCl2N2O6. The first kappa shape index (κ1) is 26.5.